The van der Waals surface area contributed by atoms with E-state index in [1.165, 1.54) is 0 Å². The molecular formula is C16H18Cl2O2. The van der Waals surface area contributed by atoms with E-state index in [4.69, 9.17) is 27.9 Å². The lowest BCUT2D eigenvalue weighted by Crippen LogP contribution is -2.10. The predicted octanol–water partition coefficient (Wildman–Crippen LogP) is 4.76. The van der Waals surface area contributed by atoms with Gasteiger partial charge in [0, 0.05) is 10.1 Å². The Bertz CT molecular complexity index is 532. The summed E-state index contributed by atoms with van der Waals surface area (Å²) in [5, 5.41) is 1.32. The lowest BCUT2D eigenvalue weighted by Gasteiger charge is -2.01. The van der Waals surface area contributed by atoms with Crippen LogP contribution in [0.5, 0.6) is 0 Å². The number of halogens is 2. The van der Waals surface area contributed by atoms with Crippen molar-refractivity contribution in [3.05, 3.63) is 40.9 Å². The smallest absolute Gasteiger partial charge is 0.310 e. The zero-order chi connectivity index (χ0) is 14.9. The lowest BCUT2D eigenvalue weighted by atomic mass is 10.1. The highest BCUT2D eigenvalue weighted by Gasteiger charge is 2.61. The Hall–Kier alpha value is -0.990. The lowest BCUT2D eigenvalue weighted by molar-refractivity contribution is -0.145. The van der Waals surface area contributed by atoms with Gasteiger partial charge in [-0.1, -0.05) is 55.3 Å². The van der Waals surface area contributed by atoms with Crippen molar-refractivity contribution < 1.29 is 9.53 Å². The van der Waals surface area contributed by atoms with Crippen LogP contribution in [0.1, 0.15) is 26.3 Å². The molecule has 0 spiro atoms. The summed E-state index contributed by atoms with van der Waals surface area (Å²) in [7, 11) is 0. The third-order valence-corrected chi connectivity index (χ3v) is 4.49. The van der Waals surface area contributed by atoms with Crippen molar-refractivity contribution >= 4 is 34.2 Å². The van der Waals surface area contributed by atoms with Crippen molar-refractivity contribution in [1.29, 1.82) is 0 Å². The number of hydrogen-bond acceptors (Lipinski definition) is 2. The Morgan fingerprint density at radius 1 is 1.35 bits per heavy atom. The molecule has 0 saturated heterocycles. The SMILES string of the molecule is CCOC(=O)[C@@H]1[C@@H](/C=C(\Cl)c2ccc(Cl)cc2)C1(C)C. The maximum Gasteiger partial charge on any atom is 0.310 e. The molecule has 0 amide bonds. The first-order chi connectivity index (χ1) is 9.37. The first-order valence-corrected chi connectivity index (χ1v) is 7.43. The molecule has 0 radical (unpaired) electrons. The van der Waals surface area contributed by atoms with Crippen molar-refractivity contribution in [2.24, 2.45) is 17.3 Å². The molecule has 1 saturated carbocycles. The number of ether oxygens (including phenoxy) is 1. The largest absolute Gasteiger partial charge is 0.466 e. The van der Waals surface area contributed by atoms with E-state index in [0.717, 1.165) is 5.56 Å². The van der Waals surface area contributed by atoms with E-state index in [9.17, 15) is 4.79 Å². The third kappa shape index (κ3) is 3.02. The molecule has 0 aliphatic heterocycles. The number of allylic oxidation sites excluding steroid dienone is 1. The van der Waals surface area contributed by atoms with Crippen LogP contribution >= 0.6 is 23.2 Å². The second-order valence-corrected chi connectivity index (χ2v) is 6.44. The number of rotatable bonds is 4. The van der Waals surface area contributed by atoms with Gasteiger partial charge in [0.15, 0.2) is 0 Å². The summed E-state index contributed by atoms with van der Waals surface area (Å²) >= 11 is 12.2. The van der Waals surface area contributed by atoms with E-state index < -0.39 is 0 Å². The minimum Gasteiger partial charge on any atom is -0.466 e. The van der Waals surface area contributed by atoms with Crippen LogP contribution in [0.3, 0.4) is 0 Å². The summed E-state index contributed by atoms with van der Waals surface area (Å²) in [5.74, 6) is -0.132. The quantitative estimate of drug-likeness (QED) is 0.750. The summed E-state index contributed by atoms with van der Waals surface area (Å²) in [6.07, 6.45) is 1.95. The Balaban J connectivity index is 2.14. The van der Waals surface area contributed by atoms with E-state index in [1.54, 1.807) is 12.1 Å². The summed E-state index contributed by atoms with van der Waals surface area (Å²) in [5.41, 5.74) is 0.806. The minimum atomic E-state index is -0.140. The highest BCUT2D eigenvalue weighted by Crippen LogP contribution is 2.60. The summed E-state index contributed by atoms with van der Waals surface area (Å²) < 4.78 is 5.11. The van der Waals surface area contributed by atoms with E-state index >= 15 is 0 Å². The number of carbonyl (C=O) groups is 1. The van der Waals surface area contributed by atoms with Crippen LogP contribution in [0.15, 0.2) is 30.3 Å². The minimum absolute atomic E-state index is 0.0984. The Labute approximate surface area is 129 Å². The average Bonchev–Trinajstić information content (AvgIpc) is 2.92. The van der Waals surface area contributed by atoms with Crippen molar-refractivity contribution in [1.82, 2.24) is 0 Å². The van der Waals surface area contributed by atoms with Crippen LogP contribution in [-0.4, -0.2) is 12.6 Å². The predicted molar refractivity (Wildman–Crippen MR) is 82.7 cm³/mol. The normalized spacial score (nSPS) is 24.4. The Morgan fingerprint density at radius 2 is 1.95 bits per heavy atom. The molecule has 0 N–H and O–H groups in total. The van der Waals surface area contributed by atoms with Crippen LogP contribution in [0.25, 0.3) is 5.03 Å². The molecule has 1 aliphatic rings. The molecule has 0 aromatic heterocycles. The highest BCUT2D eigenvalue weighted by atomic mass is 35.5. The van der Waals surface area contributed by atoms with E-state index in [0.29, 0.717) is 16.7 Å². The third-order valence-electron chi connectivity index (χ3n) is 3.90. The zero-order valence-electron chi connectivity index (χ0n) is 11.8. The molecular weight excluding hydrogens is 295 g/mol. The second kappa shape index (κ2) is 5.79. The number of hydrogen-bond donors (Lipinski definition) is 0. The van der Waals surface area contributed by atoms with Gasteiger partial charge in [0.2, 0.25) is 0 Å². The van der Waals surface area contributed by atoms with Gasteiger partial charge in [-0.25, -0.2) is 0 Å². The summed E-state index contributed by atoms with van der Waals surface area (Å²) in [6.45, 7) is 6.34. The molecule has 0 heterocycles. The van der Waals surface area contributed by atoms with Gasteiger partial charge >= 0.3 is 5.97 Å². The molecule has 2 nitrogen and oxygen atoms in total. The number of esters is 1. The van der Waals surface area contributed by atoms with Gasteiger partial charge < -0.3 is 4.74 Å². The molecule has 1 fully saturated rings. The summed E-state index contributed by atoms with van der Waals surface area (Å²) in [6, 6.07) is 7.34. The number of carbonyl (C=O) groups excluding carboxylic acids is 1. The topological polar surface area (TPSA) is 26.3 Å². The standard InChI is InChI=1S/C16H18Cl2O2/c1-4-20-15(19)14-12(16(14,2)3)9-13(18)10-5-7-11(17)8-6-10/h5-9,12,14H,4H2,1-3H3/b13-9-/t12-,14+/m1/s1. The average molecular weight is 313 g/mol. The van der Waals surface area contributed by atoms with E-state index in [-0.39, 0.29) is 23.2 Å². The van der Waals surface area contributed by atoms with Gasteiger partial charge in [0.05, 0.1) is 12.5 Å². The first kappa shape index (κ1) is 15.4. The molecule has 4 heteroatoms. The van der Waals surface area contributed by atoms with Gasteiger partial charge in [-0.2, -0.15) is 0 Å². The van der Waals surface area contributed by atoms with Crippen molar-refractivity contribution in [3.63, 3.8) is 0 Å². The van der Waals surface area contributed by atoms with Gasteiger partial charge in [-0.05, 0) is 36.0 Å². The second-order valence-electron chi connectivity index (χ2n) is 5.60. The van der Waals surface area contributed by atoms with Crippen molar-refractivity contribution in [3.8, 4) is 0 Å². The van der Waals surface area contributed by atoms with Crippen LogP contribution in [-0.2, 0) is 9.53 Å². The maximum absolute atomic E-state index is 11.9. The van der Waals surface area contributed by atoms with Crippen LogP contribution < -0.4 is 0 Å². The fraction of sp³-hybridized carbons (Fsp3) is 0.438. The molecule has 0 bridgehead atoms. The molecule has 2 rings (SSSR count). The van der Waals surface area contributed by atoms with Crippen molar-refractivity contribution in [2.45, 2.75) is 20.8 Å². The molecule has 1 aliphatic carbocycles. The van der Waals surface area contributed by atoms with E-state index in [2.05, 4.69) is 13.8 Å². The number of benzene rings is 1. The monoisotopic (exact) mass is 312 g/mol. The molecule has 1 aromatic rings. The molecule has 20 heavy (non-hydrogen) atoms. The van der Waals surface area contributed by atoms with Gasteiger partial charge in [0.1, 0.15) is 0 Å². The fourth-order valence-electron chi connectivity index (χ4n) is 2.53. The van der Waals surface area contributed by atoms with Crippen LogP contribution in [0.2, 0.25) is 5.02 Å². The molecule has 1 aromatic carbocycles. The first-order valence-electron chi connectivity index (χ1n) is 6.67. The molecule has 0 unspecified atom stereocenters. The fourth-order valence-corrected chi connectivity index (χ4v) is 2.92. The Morgan fingerprint density at radius 3 is 2.50 bits per heavy atom. The molecule has 2 atom stereocenters. The van der Waals surface area contributed by atoms with E-state index in [1.807, 2.05) is 25.1 Å². The van der Waals surface area contributed by atoms with Gasteiger partial charge in [0.25, 0.3) is 0 Å². The van der Waals surface area contributed by atoms with Crippen LogP contribution in [0, 0.1) is 17.3 Å². The van der Waals surface area contributed by atoms with Gasteiger partial charge in [-0.15, -0.1) is 0 Å². The maximum atomic E-state index is 11.9. The van der Waals surface area contributed by atoms with Crippen LogP contribution in [0.4, 0.5) is 0 Å². The van der Waals surface area contributed by atoms with Crippen molar-refractivity contribution in [2.75, 3.05) is 6.61 Å². The Kier molecular flexibility index (Phi) is 4.46. The zero-order valence-corrected chi connectivity index (χ0v) is 13.3. The highest BCUT2D eigenvalue weighted by molar-refractivity contribution is 6.48. The molecule has 108 valence electrons. The summed E-state index contributed by atoms with van der Waals surface area (Å²) in [4.78, 5) is 11.9. The van der Waals surface area contributed by atoms with Gasteiger partial charge in [-0.3, -0.25) is 4.79 Å².